The molecule has 2 rings (SSSR count). The molecule has 2 aliphatic rings. The van der Waals surface area contributed by atoms with Crippen molar-refractivity contribution in [1.29, 1.82) is 0 Å². The van der Waals surface area contributed by atoms with Crippen LogP contribution in [-0.4, -0.2) is 18.5 Å². The molecule has 0 radical (unpaired) electrons. The molecule has 18 heavy (non-hydrogen) atoms. The van der Waals surface area contributed by atoms with Crippen molar-refractivity contribution in [1.82, 2.24) is 5.32 Å². The van der Waals surface area contributed by atoms with Crippen molar-refractivity contribution in [2.75, 3.05) is 6.54 Å². The molecule has 0 spiro atoms. The Bertz CT molecular complexity index is 289. The molecule has 2 fully saturated rings. The van der Waals surface area contributed by atoms with Gasteiger partial charge in [0.15, 0.2) is 0 Å². The zero-order chi connectivity index (χ0) is 13.2. The maximum Gasteiger partial charge on any atom is 0.223 e. The van der Waals surface area contributed by atoms with Crippen LogP contribution in [0.3, 0.4) is 0 Å². The number of amides is 1. The van der Waals surface area contributed by atoms with Crippen molar-refractivity contribution >= 4 is 5.91 Å². The first-order valence-electron chi connectivity index (χ1n) is 7.52. The summed E-state index contributed by atoms with van der Waals surface area (Å²) in [6, 6.07) is 0.257. The van der Waals surface area contributed by atoms with E-state index in [9.17, 15) is 4.79 Å². The van der Waals surface area contributed by atoms with Crippen LogP contribution < -0.4 is 11.1 Å². The average molecular weight is 252 g/mol. The number of nitrogens with one attached hydrogen (secondary N) is 1. The molecule has 1 amide bonds. The van der Waals surface area contributed by atoms with Gasteiger partial charge in [-0.25, -0.2) is 0 Å². The lowest BCUT2D eigenvalue weighted by atomic mass is 9.71. The fourth-order valence-corrected chi connectivity index (χ4v) is 3.36. The number of carbonyl (C=O) groups is 1. The first kappa shape index (κ1) is 13.9. The lowest BCUT2D eigenvalue weighted by molar-refractivity contribution is -0.128. The van der Waals surface area contributed by atoms with Crippen molar-refractivity contribution in [3.05, 3.63) is 0 Å². The van der Waals surface area contributed by atoms with E-state index in [4.69, 9.17) is 5.73 Å². The summed E-state index contributed by atoms with van der Waals surface area (Å²) in [5, 5.41) is 3.15. The molecule has 0 unspecified atom stereocenters. The smallest absolute Gasteiger partial charge is 0.223 e. The highest BCUT2D eigenvalue weighted by molar-refractivity contribution is 5.79. The maximum atomic E-state index is 11.9. The largest absolute Gasteiger partial charge is 0.355 e. The number of nitrogens with two attached hydrogens (primary N) is 1. The van der Waals surface area contributed by atoms with E-state index >= 15 is 0 Å². The minimum atomic E-state index is 0.183. The topological polar surface area (TPSA) is 55.1 Å². The van der Waals surface area contributed by atoms with Gasteiger partial charge >= 0.3 is 0 Å². The van der Waals surface area contributed by atoms with E-state index in [0.29, 0.717) is 0 Å². The van der Waals surface area contributed by atoms with Gasteiger partial charge in [-0.05, 0) is 37.0 Å². The third kappa shape index (κ3) is 3.25. The molecule has 0 aromatic carbocycles. The average Bonchev–Trinajstić information content (AvgIpc) is 2.33. The highest BCUT2D eigenvalue weighted by Crippen LogP contribution is 2.37. The molecule has 3 nitrogen and oxygen atoms in total. The van der Waals surface area contributed by atoms with E-state index in [1.54, 1.807) is 0 Å². The van der Waals surface area contributed by atoms with Crippen molar-refractivity contribution in [2.45, 2.75) is 64.8 Å². The maximum absolute atomic E-state index is 11.9. The molecule has 2 aliphatic carbocycles. The van der Waals surface area contributed by atoms with Gasteiger partial charge in [0, 0.05) is 18.5 Å². The third-order valence-electron chi connectivity index (χ3n) is 4.97. The van der Waals surface area contributed by atoms with Crippen LogP contribution in [-0.2, 0) is 4.79 Å². The van der Waals surface area contributed by atoms with Crippen LogP contribution in [0.5, 0.6) is 0 Å². The molecule has 0 aliphatic heterocycles. The van der Waals surface area contributed by atoms with Gasteiger partial charge in [-0.1, -0.05) is 33.1 Å². The molecule has 3 N–H and O–H groups in total. The zero-order valence-electron chi connectivity index (χ0n) is 11.9. The summed E-state index contributed by atoms with van der Waals surface area (Å²) in [4.78, 5) is 11.9. The standard InChI is InChI=1S/C15H28N2O/c1-15(2,12-6-4-3-5-7-12)10-17-14(18)11-8-13(16)9-11/h11-13H,3-10,16H2,1-2H3,(H,17,18). The Morgan fingerprint density at radius 2 is 1.83 bits per heavy atom. The summed E-state index contributed by atoms with van der Waals surface area (Å²) in [6.07, 6.45) is 8.51. The minimum absolute atomic E-state index is 0.183. The van der Waals surface area contributed by atoms with E-state index in [2.05, 4.69) is 19.2 Å². The van der Waals surface area contributed by atoms with E-state index < -0.39 is 0 Å². The molecule has 2 saturated carbocycles. The van der Waals surface area contributed by atoms with Crippen molar-refractivity contribution < 1.29 is 4.79 Å². The highest BCUT2D eigenvalue weighted by Gasteiger charge is 2.34. The predicted octanol–water partition coefficient (Wildman–Crippen LogP) is 2.45. The van der Waals surface area contributed by atoms with Crippen LogP contribution >= 0.6 is 0 Å². The molecule has 0 atom stereocenters. The minimum Gasteiger partial charge on any atom is -0.355 e. The van der Waals surface area contributed by atoms with Gasteiger partial charge in [-0.2, -0.15) is 0 Å². The van der Waals surface area contributed by atoms with Crippen LogP contribution in [0.15, 0.2) is 0 Å². The number of rotatable bonds is 4. The second-order valence-electron chi connectivity index (χ2n) is 6.97. The SMILES string of the molecule is CC(C)(CNC(=O)C1CC(N)C1)C1CCCCC1. The molecule has 0 bridgehead atoms. The Kier molecular flexibility index (Phi) is 4.31. The Hall–Kier alpha value is -0.570. The van der Waals surface area contributed by atoms with Gasteiger partial charge in [0.25, 0.3) is 0 Å². The van der Waals surface area contributed by atoms with Crippen LogP contribution in [0.25, 0.3) is 0 Å². The first-order chi connectivity index (χ1) is 8.49. The number of hydrogen-bond acceptors (Lipinski definition) is 2. The second-order valence-corrected chi connectivity index (χ2v) is 6.97. The molecule has 0 saturated heterocycles. The molecule has 104 valence electrons. The molecule has 0 heterocycles. The Balaban J connectivity index is 1.75. The molecule has 3 heteroatoms. The molecule has 0 aromatic rings. The zero-order valence-corrected chi connectivity index (χ0v) is 11.9. The summed E-state index contributed by atoms with van der Waals surface area (Å²) >= 11 is 0. The van der Waals surface area contributed by atoms with Gasteiger partial charge in [0.1, 0.15) is 0 Å². The Morgan fingerprint density at radius 1 is 1.22 bits per heavy atom. The fraction of sp³-hybridized carbons (Fsp3) is 0.933. The Labute approximate surface area is 111 Å². The summed E-state index contributed by atoms with van der Waals surface area (Å²) in [7, 11) is 0. The highest BCUT2D eigenvalue weighted by atomic mass is 16.1. The van der Waals surface area contributed by atoms with Gasteiger partial charge in [-0.15, -0.1) is 0 Å². The van der Waals surface area contributed by atoms with E-state index in [1.807, 2.05) is 0 Å². The number of carbonyl (C=O) groups excluding carboxylic acids is 1. The molecular weight excluding hydrogens is 224 g/mol. The summed E-state index contributed by atoms with van der Waals surface area (Å²) < 4.78 is 0. The van der Waals surface area contributed by atoms with Crippen LogP contribution in [0, 0.1) is 17.3 Å². The molecule has 0 aromatic heterocycles. The second kappa shape index (κ2) is 5.60. The van der Waals surface area contributed by atoms with Crippen molar-refractivity contribution in [3.63, 3.8) is 0 Å². The summed E-state index contributed by atoms with van der Waals surface area (Å²) in [6.45, 7) is 5.42. The van der Waals surface area contributed by atoms with E-state index in [1.165, 1.54) is 32.1 Å². The van der Waals surface area contributed by atoms with Gasteiger partial charge in [0.2, 0.25) is 5.91 Å². The first-order valence-corrected chi connectivity index (χ1v) is 7.52. The normalized spacial score (nSPS) is 29.7. The molecular formula is C15H28N2O. The number of hydrogen-bond donors (Lipinski definition) is 2. The van der Waals surface area contributed by atoms with E-state index in [0.717, 1.165) is 25.3 Å². The Morgan fingerprint density at radius 3 is 2.39 bits per heavy atom. The quantitative estimate of drug-likeness (QED) is 0.807. The van der Waals surface area contributed by atoms with E-state index in [-0.39, 0.29) is 23.3 Å². The third-order valence-corrected chi connectivity index (χ3v) is 4.97. The summed E-state index contributed by atoms with van der Waals surface area (Å²) in [5.74, 6) is 1.18. The fourth-order valence-electron chi connectivity index (χ4n) is 3.36. The lowest BCUT2D eigenvalue weighted by Gasteiger charge is -2.38. The summed E-state index contributed by atoms with van der Waals surface area (Å²) in [5.41, 5.74) is 5.96. The van der Waals surface area contributed by atoms with Crippen molar-refractivity contribution in [3.8, 4) is 0 Å². The predicted molar refractivity (Wildman–Crippen MR) is 74.1 cm³/mol. The monoisotopic (exact) mass is 252 g/mol. The van der Waals surface area contributed by atoms with Crippen molar-refractivity contribution in [2.24, 2.45) is 23.0 Å². The van der Waals surface area contributed by atoms with Crippen LogP contribution in [0.4, 0.5) is 0 Å². The van der Waals surface area contributed by atoms with Gasteiger partial charge < -0.3 is 11.1 Å². The van der Waals surface area contributed by atoms with Crippen LogP contribution in [0.1, 0.15) is 58.8 Å². The van der Waals surface area contributed by atoms with Crippen LogP contribution in [0.2, 0.25) is 0 Å². The lowest BCUT2D eigenvalue weighted by Crippen LogP contribution is -2.48. The van der Waals surface area contributed by atoms with Gasteiger partial charge in [-0.3, -0.25) is 4.79 Å². The van der Waals surface area contributed by atoms with Gasteiger partial charge in [0.05, 0.1) is 0 Å².